The van der Waals surface area contributed by atoms with Gasteiger partial charge in [0.1, 0.15) is 10.9 Å². The third kappa shape index (κ3) is 5.13. The molecule has 2 N–H and O–H groups in total. The van der Waals surface area contributed by atoms with Crippen LogP contribution in [0.15, 0.2) is 46.5 Å². The molecule has 2 aromatic heterocycles. The molecule has 6 nitrogen and oxygen atoms in total. The van der Waals surface area contributed by atoms with Gasteiger partial charge in [-0.25, -0.2) is 4.98 Å². The third-order valence-corrected chi connectivity index (χ3v) is 5.97. The van der Waals surface area contributed by atoms with Crippen molar-refractivity contribution in [3.63, 3.8) is 0 Å². The first-order chi connectivity index (χ1) is 13.9. The number of H-pyrrole nitrogens is 1. The first kappa shape index (κ1) is 21.3. The van der Waals surface area contributed by atoms with Gasteiger partial charge < -0.3 is 9.88 Å². The Labute approximate surface area is 180 Å². The van der Waals surface area contributed by atoms with E-state index in [1.54, 1.807) is 18.3 Å². The lowest BCUT2D eigenvalue weighted by Crippen LogP contribution is -2.27. The number of aromatic amines is 1. The highest BCUT2D eigenvalue weighted by atomic mass is 32.2. The first-order valence-electron chi connectivity index (χ1n) is 9.51. The number of rotatable bonds is 7. The average Bonchev–Trinajstić information content (AvgIpc) is 3.05. The molecule has 0 aliphatic rings. The zero-order chi connectivity index (χ0) is 21.0. The number of nitrogens with zero attached hydrogens (tertiary/aromatic N) is 3. The van der Waals surface area contributed by atoms with Crippen molar-refractivity contribution >= 4 is 29.9 Å². The molecule has 152 valence electrons. The SMILES string of the molecule is Cc1ccc(Sc2ncccc2C(=O)NCCc2n[nH]c(=S)n2C(C)C)c(C)c1. The summed E-state index contributed by atoms with van der Waals surface area (Å²) in [5, 5.41) is 10.8. The Morgan fingerprint density at radius 1 is 1.31 bits per heavy atom. The number of pyridine rings is 1. The van der Waals surface area contributed by atoms with Crippen LogP contribution in [0.3, 0.4) is 0 Å². The van der Waals surface area contributed by atoms with E-state index in [1.165, 1.54) is 22.9 Å². The number of benzene rings is 1. The molecule has 0 unspecified atom stereocenters. The molecule has 1 amide bonds. The van der Waals surface area contributed by atoms with Crippen molar-refractivity contribution in [3.05, 3.63) is 63.8 Å². The van der Waals surface area contributed by atoms with E-state index in [0.29, 0.717) is 28.3 Å². The van der Waals surface area contributed by atoms with Crippen molar-refractivity contribution in [2.24, 2.45) is 0 Å². The Kier molecular flexibility index (Phi) is 6.87. The maximum absolute atomic E-state index is 12.8. The van der Waals surface area contributed by atoms with Crippen molar-refractivity contribution < 1.29 is 4.79 Å². The molecule has 8 heteroatoms. The van der Waals surface area contributed by atoms with Crippen molar-refractivity contribution in [2.75, 3.05) is 6.54 Å². The molecular formula is C21H25N5OS2. The monoisotopic (exact) mass is 427 g/mol. The topological polar surface area (TPSA) is 75.6 Å². The molecule has 2 heterocycles. The van der Waals surface area contributed by atoms with E-state index in [9.17, 15) is 4.79 Å². The Morgan fingerprint density at radius 2 is 2.10 bits per heavy atom. The van der Waals surface area contributed by atoms with E-state index >= 15 is 0 Å². The Balaban J connectivity index is 1.70. The summed E-state index contributed by atoms with van der Waals surface area (Å²) in [6, 6.07) is 10.1. The summed E-state index contributed by atoms with van der Waals surface area (Å²) in [6.45, 7) is 8.71. The quantitative estimate of drug-likeness (QED) is 0.537. The number of carbonyl (C=O) groups excluding carboxylic acids is 1. The van der Waals surface area contributed by atoms with Crippen molar-refractivity contribution in [1.82, 2.24) is 25.1 Å². The number of amides is 1. The molecule has 0 aliphatic carbocycles. The molecule has 0 saturated heterocycles. The van der Waals surface area contributed by atoms with Crippen molar-refractivity contribution in [2.45, 2.75) is 50.1 Å². The van der Waals surface area contributed by atoms with E-state index in [4.69, 9.17) is 12.2 Å². The van der Waals surface area contributed by atoms with Gasteiger partial charge in [0.2, 0.25) is 0 Å². The predicted octanol–water partition coefficient (Wildman–Crippen LogP) is 4.66. The molecule has 0 bridgehead atoms. The Bertz CT molecular complexity index is 1070. The number of hydrogen-bond acceptors (Lipinski definition) is 5. The lowest BCUT2D eigenvalue weighted by atomic mass is 10.2. The number of nitrogens with one attached hydrogen (secondary N) is 2. The van der Waals surface area contributed by atoms with E-state index < -0.39 is 0 Å². The fraction of sp³-hybridized carbons (Fsp3) is 0.333. The molecule has 1 aromatic carbocycles. The van der Waals surface area contributed by atoms with Crippen LogP contribution < -0.4 is 5.32 Å². The van der Waals surface area contributed by atoms with Crippen LogP contribution in [0, 0.1) is 18.6 Å². The molecule has 0 spiro atoms. The van der Waals surface area contributed by atoms with Gasteiger partial charge in [-0.1, -0.05) is 29.5 Å². The minimum Gasteiger partial charge on any atom is -0.352 e. The summed E-state index contributed by atoms with van der Waals surface area (Å²) < 4.78 is 2.56. The lowest BCUT2D eigenvalue weighted by molar-refractivity contribution is 0.0950. The van der Waals surface area contributed by atoms with Crippen LogP contribution in [-0.4, -0.2) is 32.2 Å². The summed E-state index contributed by atoms with van der Waals surface area (Å²) in [5.74, 6) is 0.692. The molecular weight excluding hydrogens is 402 g/mol. The fourth-order valence-electron chi connectivity index (χ4n) is 3.09. The van der Waals surface area contributed by atoms with Gasteiger partial charge >= 0.3 is 0 Å². The van der Waals surface area contributed by atoms with Gasteiger partial charge in [-0.15, -0.1) is 0 Å². The van der Waals surface area contributed by atoms with Gasteiger partial charge in [-0.2, -0.15) is 5.10 Å². The lowest BCUT2D eigenvalue weighted by Gasteiger charge is -2.12. The highest BCUT2D eigenvalue weighted by Gasteiger charge is 2.15. The zero-order valence-electron chi connectivity index (χ0n) is 17.0. The maximum atomic E-state index is 12.8. The van der Waals surface area contributed by atoms with Gasteiger partial charge in [-0.3, -0.25) is 9.89 Å². The largest absolute Gasteiger partial charge is 0.352 e. The maximum Gasteiger partial charge on any atom is 0.254 e. The second-order valence-corrected chi connectivity index (χ2v) is 8.56. The average molecular weight is 428 g/mol. The van der Waals surface area contributed by atoms with Gasteiger partial charge in [0.05, 0.1) is 5.56 Å². The standard InChI is InChI=1S/C21H25N5OS2/c1-13(2)26-18(24-25-21(26)28)9-11-22-19(27)16-6-5-10-23-20(16)29-17-8-7-14(3)12-15(17)4/h5-8,10,12-13H,9,11H2,1-4H3,(H,22,27)(H,25,28). The number of carbonyl (C=O) groups is 1. The van der Waals surface area contributed by atoms with Crippen LogP contribution >= 0.6 is 24.0 Å². The molecule has 0 fully saturated rings. The molecule has 0 aliphatic heterocycles. The molecule has 29 heavy (non-hydrogen) atoms. The van der Waals surface area contributed by atoms with Gasteiger partial charge in [0, 0.05) is 30.1 Å². The molecule has 3 aromatic rings. The molecule has 3 rings (SSSR count). The number of hydrogen-bond donors (Lipinski definition) is 2. The number of aromatic nitrogens is 4. The summed E-state index contributed by atoms with van der Waals surface area (Å²) in [5.41, 5.74) is 2.95. The summed E-state index contributed by atoms with van der Waals surface area (Å²) in [7, 11) is 0. The third-order valence-electron chi connectivity index (χ3n) is 4.48. The minimum absolute atomic E-state index is 0.143. The summed E-state index contributed by atoms with van der Waals surface area (Å²) >= 11 is 6.78. The van der Waals surface area contributed by atoms with Crippen LogP contribution in [0.4, 0.5) is 0 Å². The summed E-state index contributed by atoms with van der Waals surface area (Å²) in [4.78, 5) is 18.3. The minimum atomic E-state index is -0.143. The predicted molar refractivity (Wildman–Crippen MR) is 118 cm³/mol. The Hall–Kier alpha value is -2.45. The van der Waals surface area contributed by atoms with Crippen LogP contribution in [0.5, 0.6) is 0 Å². The molecule has 0 radical (unpaired) electrons. The second kappa shape index (κ2) is 9.37. The summed E-state index contributed by atoms with van der Waals surface area (Å²) in [6.07, 6.45) is 2.31. The van der Waals surface area contributed by atoms with Crippen molar-refractivity contribution in [1.29, 1.82) is 0 Å². The van der Waals surface area contributed by atoms with E-state index in [1.807, 2.05) is 4.57 Å². The van der Waals surface area contributed by atoms with Crippen LogP contribution in [0.1, 0.15) is 47.2 Å². The van der Waals surface area contributed by atoms with E-state index in [0.717, 1.165) is 10.7 Å². The fourth-order valence-corrected chi connectivity index (χ4v) is 4.40. The number of aryl methyl sites for hydroxylation is 2. The van der Waals surface area contributed by atoms with Crippen LogP contribution in [-0.2, 0) is 6.42 Å². The smallest absolute Gasteiger partial charge is 0.254 e. The first-order valence-corrected chi connectivity index (χ1v) is 10.7. The molecule has 0 atom stereocenters. The Morgan fingerprint density at radius 3 is 2.83 bits per heavy atom. The highest BCUT2D eigenvalue weighted by molar-refractivity contribution is 7.99. The van der Waals surface area contributed by atoms with Gasteiger partial charge in [0.15, 0.2) is 4.77 Å². The van der Waals surface area contributed by atoms with Crippen LogP contribution in [0.2, 0.25) is 0 Å². The second-order valence-electron chi connectivity index (χ2n) is 7.14. The van der Waals surface area contributed by atoms with Crippen LogP contribution in [0.25, 0.3) is 0 Å². The van der Waals surface area contributed by atoms with E-state index in [2.05, 4.69) is 66.4 Å². The van der Waals surface area contributed by atoms with Gasteiger partial charge in [-0.05, 0) is 63.7 Å². The van der Waals surface area contributed by atoms with E-state index in [-0.39, 0.29) is 11.9 Å². The highest BCUT2D eigenvalue weighted by Crippen LogP contribution is 2.31. The normalized spacial score (nSPS) is 11.1. The zero-order valence-corrected chi connectivity index (χ0v) is 18.7. The van der Waals surface area contributed by atoms with Crippen molar-refractivity contribution in [3.8, 4) is 0 Å². The molecule has 0 saturated carbocycles. The van der Waals surface area contributed by atoms with Gasteiger partial charge in [0.25, 0.3) is 5.91 Å².